The molecule has 0 aliphatic carbocycles. The monoisotopic (exact) mass is 407 g/mol. The number of ether oxygens (including phenoxy) is 3. The Labute approximate surface area is 165 Å². The van der Waals surface area contributed by atoms with Gasteiger partial charge in [0, 0.05) is 11.8 Å². The van der Waals surface area contributed by atoms with Gasteiger partial charge in [0.25, 0.3) is 10.0 Å². The van der Waals surface area contributed by atoms with Gasteiger partial charge in [0.2, 0.25) is 0 Å². The van der Waals surface area contributed by atoms with Crippen LogP contribution < -0.4 is 14.2 Å². The van der Waals surface area contributed by atoms with E-state index in [1.807, 2.05) is 6.92 Å². The first-order valence-electron chi connectivity index (χ1n) is 9.00. The van der Waals surface area contributed by atoms with E-state index in [4.69, 9.17) is 14.2 Å². The van der Waals surface area contributed by atoms with E-state index in [0.29, 0.717) is 36.0 Å². The smallest absolute Gasteiger partial charge is 0.338 e. The van der Waals surface area contributed by atoms with Gasteiger partial charge in [-0.3, -0.25) is 4.72 Å². The van der Waals surface area contributed by atoms with Gasteiger partial charge in [0.15, 0.2) is 11.5 Å². The number of hydrogen-bond acceptors (Lipinski definition) is 6. The minimum absolute atomic E-state index is 0.0442. The molecular weight excluding hydrogens is 382 g/mol. The van der Waals surface area contributed by atoms with Crippen LogP contribution in [0.25, 0.3) is 0 Å². The van der Waals surface area contributed by atoms with Crippen LogP contribution in [0.4, 0.5) is 5.69 Å². The number of anilines is 1. The molecule has 0 fully saturated rings. The second-order valence-electron chi connectivity index (χ2n) is 6.11. The van der Waals surface area contributed by atoms with Crippen molar-refractivity contribution in [3.05, 3.63) is 48.0 Å². The molecule has 28 heavy (non-hydrogen) atoms. The minimum atomic E-state index is -3.84. The van der Waals surface area contributed by atoms with Gasteiger partial charge in [-0.05, 0) is 64.1 Å². The first kappa shape index (κ1) is 21.6. The molecule has 1 N–H and O–H groups in total. The molecule has 0 saturated heterocycles. The maximum absolute atomic E-state index is 12.7. The molecule has 8 heteroatoms. The first-order valence-corrected chi connectivity index (χ1v) is 10.5. The number of sulfonamides is 1. The van der Waals surface area contributed by atoms with Crippen molar-refractivity contribution < 1.29 is 27.4 Å². The summed E-state index contributed by atoms with van der Waals surface area (Å²) in [5.74, 6) is 0.382. The predicted octanol–water partition coefficient (Wildman–Crippen LogP) is 3.85. The quantitative estimate of drug-likeness (QED) is 0.635. The van der Waals surface area contributed by atoms with Gasteiger partial charge in [0.05, 0.1) is 29.8 Å². The first-order chi connectivity index (χ1) is 13.3. The summed E-state index contributed by atoms with van der Waals surface area (Å²) in [5.41, 5.74) is 0.671. The molecule has 0 amide bonds. The van der Waals surface area contributed by atoms with Crippen LogP contribution in [0.2, 0.25) is 0 Å². The van der Waals surface area contributed by atoms with E-state index < -0.39 is 16.0 Å². The van der Waals surface area contributed by atoms with Crippen molar-refractivity contribution in [2.24, 2.45) is 0 Å². The summed E-state index contributed by atoms with van der Waals surface area (Å²) in [5, 5.41) is 0. The fraction of sp³-hybridized carbons (Fsp3) is 0.350. The summed E-state index contributed by atoms with van der Waals surface area (Å²) in [6, 6.07) is 10.5. The van der Waals surface area contributed by atoms with Crippen LogP contribution in [-0.2, 0) is 14.8 Å². The highest BCUT2D eigenvalue weighted by Crippen LogP contribution is 2.31. The summed E-state index contributed by atoms with van der Waals surface area (Å²) < 4.78 is 43.9. The zero-order valence-electron chi connectivity index (χ0n) is 16.4. The fourth-order valence-corrected chi connectivity index (χ4v) is 3.44. The highest BCUT2D eigenvalue weighted by molar-refractivity contribution is 7.92. The topological polar surface area (TPSA) is 90.9 Å². The molecule has 2 aromatic carbocycles. The normalized spacial score (nSPS) is 11.2. The standard InChI is InChI=1S/C20H25NO6S/c1-5-25-18-12-11-17(13-19(18)26-6-2)28(23,24)21-16-9-7-15(8-10-16)20(22)27-14(3)4/h7-14,21H,5-6H2,1-4H3. The van der Waals surface area contributed by atoms with E-state index >= 15 is 0 Å². The molecule has 7 nitrogen and oxygen atoms in total. The molecule has 152 valence electrons. The summed E-state index contributed by atoms with van der Waals surface area (Å²) in [6.45, 7) is 7.98. The lowest BCUT2D eigenvalue weighted by molar-refractivity contribution is 0.0378. The SMILES string of the molecule is CCOc1ccc(S(=O)(=O)Nc2ccc(C(=O)OC(C)C)cc2)cc1OCC. The summed E-state index contributed by atoms with van der Waals surface area (Å²) >= 11 is 0. The Kier molecular flexibility index (Phi) is 7.28. The summed E-state index contributed by atoms with van der Waals surface area (Å²) in [6.07, 6.45) is -0.232. The molecule has 2 aromatic rings. The molecule has 0 radical (unpaired) electrons. The van der Waals surface area contributed by atoms with Crippen molar-refractivity contribution >= 4 is 21.7 Å². The van der Waals surface area contributed by atoms with Gasteiger partial charge >= 0.3 is 5.97 Å². The lowest BCUT2D eigenvalue weighted by Gasteiger charge is -2.14. The van der Waals surface area contributed by atoms with Crippen molar-refractivity contribution in [2.75, 3.05) is 17.9 Å². The number of carbonyl (C=O) groups excluding carboxylic acids is 1. The summed E-state index contributed by atoms with van der Waals surface area (Å²) in [7, 11) is -3.84. The van der Waals surface area contributed by atoms with Crippen LogP contribution in [0.1, 0.15) is 38.1 Å². The average Bonchev–Trinajstić information content (AvgIpc) is 2.63. The zero-order valence-corrected chi connectivity index (χ0v) is 17.2. The molecule has 0 aliphatic rings. The van der Waals surface area contributed by atoms with Crippen LogP contribution >= 0.6 is 0 Å². The number of rotatable bonds is 9. The van der Waals surface area contributed by atoms with Gasteiger partial charge < -0.3 is 14.2 Å². The molecule has 0 aromatic heterocycles. The average molecular weight is 407 g/mol. The largest absolute Gasteiger partial charge is 0.490 e. The van der Waals surface area contributed by atoms with Crippen LogP contribution in [-0.4, -0.2) is 33.7 Å². The lowest BCUT2D eigenvalue weighted by Crippen LogP contribution is -2.14. The van der Waals surface area contributed by atoms with Crippen molar-refractivity contribution in [1.29, 1.82) is 0 Å². The van der Waals surface area contributed by atoms with Gasteiger partial charge in [-0.15, -0.1) is 0 Å². The third-order valence-corrected chi connectivity index (χ3v) is 4.92. The lowest BCUT2D eigenvalue weighted by atomic mass is 10.2. The van der Waals surface area contributed by atoms with E-state index in [1.165, 1.54) is 36.4 Å². The minimum Gasteiger partial charge on any atom is -0.490 e. The molecule has 0 atom stereocenters. The van der Waals surface area contributed by atoms with Crippen molar-refractivity contribution in [2.45, 2.75) is 38.7 Å². The molecule has 0 bridgehead atoms. The Morgan fingerprint density at radius 1 is 0.964 bits per heavy atom. The molecule has 2 rings (SSSR count). The fourth-order valence-electron chi connectivity index (χ4n) is 2.37. The Bertz CT molecular complexity index is 907. The number of nitrogens with one attached hydrogen (secondary N) is 1. The molecular formula is C20H25NO6S. The van der Waals surface area contributed by atoms with Crippen LogP contribution in [0.15, 0.2) is 47.4 Å². The maximum atomic E-state index is 12.7. The Morgan fingerprint density at radius 2 is 1.57 bits per heavy atom. The highest BCUT2D eigenvalue weighted by atomic mass is 32.2. The molecule has 0 unspecified atom stereocenters. The van der Waals surface area contributed by atoms with E-state index in [1.54, 1.807) is 26.8 Å². The van der Waals surface area contributed by atoms with Crippen molar-refractivity contribution in [1.82, 2.24) is 0 Å². The molecule has 0 heterocycles. The Hall–Kier alpha value is -2.74. The Balaban J connectivity index is 2.21. The predicted molar refractivity (Wildman–Crippen MR) is 107 cm³/mol. The molecule has 0 saturated carbocycles. The molecule has 0 aliphatic heterocycles. The van der Waals surface area contributed by atoms with Crippen LogP contribution in [0, 0.1) is 0 Å². The van der Waals surface area contributed by atoms with Gasteiger partial charge in [-0.2, -0.15) is 0 Å². The number of hydrogen-bond donors (Lipinski definition) is 1. The number of carbonyl (C=O) groups is 1. The van der Waals surface area contributed by atoms with Gasteiger partial charge in [-0.25, -0.2) is 13.2 Å². The second kappa shape index (κ2) is 9.45. The maximum Gasteiger partial charge on any atom is 0.338 e. The van der Waals surface area contributed by atoms with E-state index in [2.05, 4.69) is 4.72 Å². The number of benzene rings is 2. The van der Waals surface area contributed by atoms with Gasteiger partial charge in [0.1, 0.15) is 0 Å². The van der Waals surface area contributed by atoms with E-state index in [0.717, 1.165) is 0 Å². The second-order valence-corrected chi connectivity index (χ2v) is 7.79. The Morgan fingerprint density at radius 3 is 2.14 bits per heavy atom. The number of esters is 1. The van der Waals surface area contributed by atoms with Crippen molar-refractivity contribution in [3.63, 3.8) is 0 Å². The third kappa shape index (κ3) is 5.63. The highest BCUT2D eigenvalue weighted by Gasteiger charge is 2.18. The van der Waals surface area contributed by atoms with E-state index in [-0.39, 0.29) is 11.0 Å². The molecule has 0 spiro atoms. The van der Waals surface area contributed by atoms with Crippen LogP contribution in [0.5, 0.6) is 11.5 Å². The third-order valence-electron chi connectivity index (χ3n) is 3.54. The van der Waals surface area contributed by atoms with Crippen LogP contribution in [0.3, 0.4) is 0 Å². The zero-order chi connectivity index (χ0) is 20.7. The van der Waals surface area contributed by atoms with Gasteiger partial charge in [-0.1, -0.05) is 0 Å². The van der Waals surface area contributed by atoms with Crippen molar-refractivity contribution in [3.8, 4) is 11.5 Å². The van der Waals surface area contributed by atoms with E-state index in [9.17, 15) is 13.2 Å². The summed E-state index contributed by atoms with van der Waals surface area (Å²) in [4.78, 5) is 11.9.